The second-order valence-electron chi connectivity index (χ2n) is 4.81. The van der Waals surface area contributed by atoms with Crippen molar-refractivity contribution in [2.24, 2.45) is 5.41 Å². The summed E-state index contributed by atoms with van der Waals surface area (Å²) < 4.78 is 0. The van der Waals surface area contributed by atoms with Crippen molar-refractivity contribution < 1.29 is 9.90 Å². The molecule has 1 rings (SSSR count). The van der Waals surface area contributed by atoms with Crippen molar-refractivity contribution in [3.05, 3.63) is 29.3 Å². The lowest BCUT2D eigenvalue weighted by Gasteiger charge is -2.27. The van der Waals surface area contributed by atoms with E-state index < -0.39 is 11.4 Å². The van der Waals surface area contributed by atoms with Crippen molar-refractivity contribution >= 4 is 11.7 Å². The van der Waals surface area contributed by atoms with Gasteiger partial charge in [0, 0.05) is 6.54 Å². The van der Waals surface area contributed by atoms with E-state index in [1.807, 2.05) is 32.9 Å². The van der Waals surface area contributed by atoms with Gasteiger partial charge in [0.2, 0.25) is 0 Å². The van der Waals surface area contributed by atoms with Crippen LogP contribution in [0.3, 0.4) is 0 Å². The van der Waals surface area contributed by atoms with E-state index in [1.54, 1.807) is 6.07 Å². The highest BCUT2D eigenvalue weighted by Gasteiger charge is 2.34. The molecule has 0 amide bonds. The van der Waals surface area contributed by atoms with Gasteiger partial charge in [0.15, 0.2) is 0 Å². The molecule has 0 radical (unpaired) electrons. The Morgan fingerprint density at radius 2 is 2.05 bits per heavy atom. The van der Waals surface area contributed by atoms with Gasteiger partial charge in [-0.3, -0.25) is 4.79 Å². The van der Waals surface area contributed by atoms with Crippen LogP contribution in [-0.2, 0) is 4.79 Å². The van der Waals surface area contributed by atoms with Gasteiger partial charge in [-0.1, -0.05) is 19.9 Å². The molecule has 0 spiro atoms. The highest BCUT2D eigenvalue weighted by atomic mass is 16.4. The zero-order valence-electron chi connectivity index (χ0n) is 11.7. The van der Waals surface area contributed by atoms with Gasteiger partial charge in [-0.2, -0.15) is 5.26 Å². The SMILES string of the molecule is CCC(CC)(CNc1ccc(C)cc1C#N)C(=O)O. The summed E-state index contributed by atoms with van der Waals surface area (Å²) >= 11 is 0. The first-order valence-corrected chi connectivity index (χ1v) is 6.47. The molecule has 0 aliphatic heterocycles. The molecule has 2 N–H and O–H groups in total. The van der Waals surface area contributed by atoms with Crippen LogP contribution in [-0.4, -0.2) is 17.6 Å². The van der Waals surface area contributed by atoms with Crippen LogP contribution in [0, 0.1) is 23.7 Å². The first-order chi connectivity index (χ1) is 8.99. The summed E-state index contributed by atoms with van der Waals surface area (Å²) in [5.41, 5.74) is 1.47. The van der Waals surface area contributed by atoms with Gasteiger partial charge >= 0.3 is 5.97 Å². The first-order valence-electron chi connectivity index (χ1n) is 6.47. The fraction of sp³-hybridized carbons (Fsp3) is 0.467. The van der Waals surface area contributed by atoms with E-state index in [0.29, 0.717) is 30.6 Å². The summed E-state index contributed by atoms with van der Waals surface area (Å²) in [4.78, 5) is 11.4. The van der Waals surface area contributed by atoms with Crippen LogP contribution in [0.2, 0.25) is 0 Å². The average Bonchev–Trinajstić information content (AvgIpc) is 2.41. The van der Waals surface area contributed by atoms with Crippen LogP contribution in [0.4, 0.5) is 5.69 Å². The number of aryl methyl sites for hydroxylation is 1. The molecule has 0 atom stereocenters. The summed E-state index contributed by atoms with van der Waals surface area (Å²) in [6.45, 7) is 6.00. The molecular formula is C15H20N2O2. The second kappa shape index (κ2) is 6.24. The average molecular weight is 260 g/mol. The monoisotopic (exact) mass is 260 g/mol. The van der Waals surface area contributed by atoms with Crippen molar-refractivity contribution in [3.8, 4) is 6.07 Å². The van der Waals surface area contributed by atoms with E-state index >= 15 is 0 Å². The van der Waals surface area contributed by atoms with Gasteiger partial charge in [0.25, 0.3) is 0 Å². The predicted molar refractivity (Wildman–Crippen MR) is 75.0 cm³/mol. The minimum absolute atomic E-state index is 0.326. The summed E-state index contributed by atoms with van der Waals surface area (Å²) in [5, 5.41) is 21.6. The van der Waals surface area contributed by atoms with E-state index in [4.69, 9.17) is 5.26 Å². The zero-order chi connectivity index (χ0) is 14.5. The van der Waals surface area contributed by atoms with E-state index in [2.05, 4.69) is 11.4 Å². The van der Waals surface area contributed by atoms with Gasteiger partial charge < -0.3 is 10.4 Å². The standard InChI is InChI=1S/C15H20N2O2/c1-4-15(5-2,14(18)19)10-17-13-7-6-11(3)8-12(13)9-16/h6-8,17H,4-5,10H2,1-3H3,(H,18,19). The normalized spacial score (nSPS) is 10.8. The Balaban J connectivity index is 2.92. The first kappa shape index (κ1) is 15.0. The Bertz CT molecular complexity index is 499. The Kier molecular flexibility index (Phi) is 4.94. The van der Waals surface area contributed by atoms with E-state index in [0.717, 1.165) is 5.56 Å². The minimum Gasteiger partial charge on any atom is -0.481 e. The Hall–Kier alpha value is -2.02. The molecule has 0 unspecified atom stereocenters. The summed E-state index contributed by atoms with van der Waals surface area (Å²) in [7, 11) is 0. The van der Waals surface area contributed by atoms with Crippen molar-refractivity contribution in [2.45, 2.75) is 33.6 Å². The molecule has 0 saturated heterocycles. The van der Waals surface area contributed by atoms with E-state index in [9.17, 15) is 9.90 Å². The molecule has 0 aliphatic rings. The lowest BCUT2D eigenvalue weighted by atomic mass is 9.82. The number of hydrogen-bond donors (Lipinski definition) is 2. The highest BCUT2D eigenvalue weighted by Crippen LogP contribution is 2.28. The van der Waals surface area contributed by atoms with Gasteiger partial charge in [0.05, 0.1) is 16.7 Å². The number of rotatable bonds is 6. The third-order valence-electron chi connectivity index (χ3n) is 3.72. The molecule has 102 valence electrons. The molecule has 0 saturated carbocycles. The number of nitrogens with one attached hydrogen (secondary N) is 1. The molecule has 4 nitrogen and oxygen atoms in total. The number of aliphatic carboxylic acids is 1. The van der Waals surface area contributed by atoms with Crippen LogP contribution in [0.1, 0.15) is 37.8 Å². The number of benzene rings is 1. The van der Waals surface area contributed by atoms with Gasteiger partial charge in [0.1, 0.15) is 6.07 Å². The molecule has 0 bridgehead atoms. The van der Waals surface area contributed by atoms with Crippen molar-refractivity contribution in [1.82, 2.24) is 0 Å². The second-order valence-corrected chi connectivity index (χ2v) is 4.81. The number of nitrogens with zero attached hydrogens (tertiary/aromatic N) is 1. The van der Waals surface area contributed by atoms with Crippen molar-refractivity contribution in [3.63, 3.8) is 0 Å². The van der Waals surface area contributed by atoms with Gasteiger partial charge in [-0.05, 0) is 37.5 Å². The number of carboxylic acids is 1. The van der Waals surface area contributed by atoms with Crippen LogP contribution < -0.4 is 5.32 Å². The Morgan fingerprint density at radius 3 is 2.53 bits per heavy atom. The Morgan fingerprint density at radius 1 is 1.42 bits per heavy atom. The van der Waals surface area contributed by atoms with Crippen LogP contribution in [0.5, 0.6) is 0 Å². The molecule has 1 aromatic rings. The molecule has 0 aliphatic carbocycles. The Labute approximate surface area is 114 Å². The largest absolute Gasteiger partial charge is 0.481 e. The quantitative estimate of drug-likeness (QED) is 0.824. The number of anilines is 1. The van der Waals surface area contributed by atoms with Gasteiger partial charge in [-0.25, -0.2) is 0 Å². The minimum atomic E-state index is -0.796. The maximum absolute atomic E-state index is 11.4. The molecule has 19 heavy (non-hydrogen) atoms. The summed E-state index contributed by atoms with van der Waals surface area (Å²) in [6, 6.07) is 7.65. The molecule has 1 aromatic carbocycles. The molecular weight excluding hydrogens is 240 g/mol. The fourth-order valence-electron chi connectivity index (χ4n) is 2.05. The number of carboxylic acid groups (broad SMARTS) is 1. The number of nitriles is 1. The van der Waals surface area contributed by atoms with Crippen LogP contribution >= 0.6 is 0 Å². The lowest BCUT2D eigenvalue weighted by Crippen LogP contribution is -2.37. The highest BCUT2D eigenvalue weighted by molar-refractivity contribution is 5.75. The maximum Gasteiger partial charge on any atom is 0.311 e. The van der Waals surface area contributed by atoms with Crippen LogP contribution in [0.15, 0.2) is 18.2 Å². The zero-order valence-corrected chi connectivity index (χ0v) is 11.7. The molecule has 0 aromatic heterocycles. The molecule has 4 heteroatoms. The lowest BCUT2D eigenvalue weighted by molar-refractivity contribution is -0.148. The third-order valence-corrected chi connectivity index (χ3v) is 3.72. The topological polar surface area (TPSA) is 73.1 Å². The summed E-state index contributed by atoms with van der Waals surface area (Å²) in [5.74, 6) is -0.796. The predicted octanol–water partition coefficient (Wildman–Crippen LogP) is 3.17. The maximum atomic E-state index is 11.4. The fourth-order valence-corrected chi connectivity index (χ4v) is 2.05. The molecule has 0 heterocycles. The van der Waals surface area contributed by atoms with Gasteiger partial charge in [-0.15, -0.1) is 0 Å². The van der Waals surface area contributed by atoms with Crippen LogP contribution in [0.25, 0.3) is 0 Å². The van der Waals surface area contributed by atoms with Crippen molar-refractivity contribution in [2.75, 3.05) is 11.9 Å². The van der Waals surface area contributed by atoms with Crippen molar-refractivity contribution in [1.29, 1.82) is 5.26 Å². The molecule has 0 fully saturated rings. The summed E-state index contributed by atoms with van der Waals surface area (Å²) in [6.07, 6.45) is 1.11. The smallest absolute Gasteiger partial charge is 0.311 e. The number of hydrogen-bond acceptors (Lipinski definition) is 3. The van der Waals surface area contributed by atoms with E-state index in [-0.39, 0.29) is 0 Å². The third kappa shape index (κ3) is 3.25. The number of carbonyl (C=O) groups is 1. The van der Waals surface area contributed by atoms with E-state index in [1.165, 1.54) is 0 Å².